The van der Waals surface area contributed by atoms with Crippen molar-refractivity contribution in [3.05, 3.63) is 23.9 Å². The molecule has 0 aromatic carbocycles. The molecule has 1 heterocycles. The predicted molar refractivity (Wildman–Crippen MR) is 73.5 cm³/mol. The molecule has 0 bridgehead atoms. The minimum Gasteiger partial charge on any atom is -0.389 e. The van der Waals surface area contributed by atoms with Crippen LogP contribution in [0.1, 0.15) is 31.4 Å². The highest BCUT2D eigenvalue weighted by atomic mass is 16.3. The van der Waals surface area contributed by atoms with Crippen LogP contribution in [0.15, 0.2) is 18.2 Å². The summed E-state index contributed by atoms with van der Waals surface area (Å²) < 4.78 is 0. The van der Waals surface area contributed by atoms with Crippen LogP contribution in [0.2, 0.25) is 0 Å². The van der Waals surface area contributed by atoms with Crippen LogP contribution in [0.3, 0.4) is 0 Å². The zero-order valence-electron chi connectivity index (χ0n) is 11.3. The second-order valence-corrected chi connectivity index (χ2v) is 5.37. The summed E-state index contributed by atoms with van der Waals surface area (Å²) in [6.07, 6.45) is 4.16. The Morgan fingerprint density at radius 1 is 1.39 bits per heavy atom. The van der Waals surface area contributed by atoms with Crippen LogP contribution in [0.25, 0.3) is 0 Å². The number of rotatable bonds is 5. The Kier molecular flexibility index (Phi) is 4.19. The molecule has 4 nitrogen and oxygen atoms in total. The second kappa shape index (κ2) is 5.67. The first-order chi connectivity index (χ1) is 8.61. The van der Waals surface area contributed by atoms with Crippen LogP contribution in [-0.4, -0.2) is 41.2 Å². The van der Waals surface area contributed by atoms with Gasteiger partial charge in [-0.15, -0.1) is 0 Å². The van der Waals surface area contributed by atoms with E-state index in [9.17, 15) is 5.11 Å². The van der Waals surface area contributed by atoms with Crippen molar-refractivity contribution in [2.45, 2.75) is 37.8 Å². The van der Waals surface area contributed by atoms with Crippen LogP contribution in [0.4, 0.5) is 5.82 Å². The average Bonchev–Trinajstić information content (AvgIpc) is 2.75. The van der Waals surface area contributed by atoms with E-state index in [2.05, 4.69) is 15.2 Å². The molecule has 18 heavy (non-hydrogen) atoms. The van der Waals surface area contributed by atoms with Gasteiger partial charge in [-0.05, 0) is 32.0 Å². The number of anilines is 1. The van der Waals surface area contributed by atoms with Crippen LogP contribution in [0, 0.1) is 0 Å². The van der Waals surface area contributed by atoms with E-state index in [1.165, 1.54) is 0 Å². The molecule has 0 amide bonds. The van der Waals surface area contributed by atoms with E-state index in [-0.39, 0.29) is 0 Å². The molecule has 0 aliphatic heterocycles. The summed E-state index contributed by atoms with van der Waals surface area (Å²) in [5.41, 5.74) is 0.556. The van der Waals surface area contributed by atoms with Gasteiger partial charge in [0.1, 0.15) is 5.82 Å². The van der Waals surface area contributed by atoms with Crippen molar-refractivity contribution in [3.63, 3.8) is 0 Å². The number of nitrogens with one attached hydrogen (secondary N) is 1. The van der Waals surface area contributed by atoms with Crippen molar-refractivity contribution < 1.29 is 5.11 Å². The zero-order chi connectivity index (χ0) is 13.0. The normalized spacial score (nSPS) is 18.2. The number of likely N-dealkylation sites (N-methyl/N-ethyl adjacent to an activating group) is 1. The minimum atomic E-state index is -0.477. The third kappa shape index (κ3) is 3.43. The third-order valence-electron chi connectivity index (χ3n) is 3.59. The SMILES string of the molecule is CNc1cccc(CN(C)CC2(O)CCCC2)n1. The maximum absolute atomic E-state index is 10.4. The van der Waals surface area contributed by atoms with E-state index in [0.29, 0.717) is 0 Å². The van der Waals surface area contributed by atoms with Crippen LogP contribution in [-0.2, 0) is 6.54 Å². The van der Waals surface area contributed by atoms with Gasteiger partial charge in [-0.1, -0.05) is 18.9 Å². The molecule has 1 fully saturated rings. The van der Waals surface area contributed by atoms with Gasteiger partial charge < -0.3 is 10.4 Å². The Morgan fingerprint density at radius 2 is 2.11 bits per heavy atom. The van der Waals surface area contributed by atoms with Crippen LogP contribution < -0.4 is 5.32 Å². The molecular weight excluding hydrogens is 226 g/mol. The molecule has 0 atom stereocenters. The quantitative estimate of drug-likeness (QED) is 0.836. The van der Waals surface area contributed by atoms with E-state index in [4.69, 9.17) is 0 Å². The lowest BCUT2D eigenvalue weighted by Crippen LogP contribution is -2.38. The van der Waals surface area contributed by atoms with Gasteiger partial charge in [0, 0.05) is 20.1 Å². The molecule has 2 rings (SSSR count). The van der Waals surface area contributed by atoms with E-state index >= 15 is 0 Å². The minimum absolute atomic E-state index is 0.477. The first kappa shape index (κ1) is 13.3. The second-order valence-electron chi connectivity index (χ2n) is 5.37. The van der Waals surface area contributed by atoms with E-state index in [1.807, 2.05) is 32.3 Å². The number of nitrogens with zero attached hydrogens (tertiary/aromatic N) is 2. The molecular formula is C14H23N3O. The Morgan fingerprint density at radius 3 is 2.78 bits per heavy atom. The Bertz CT molecular complexity index is 388. The van der Waals surface area contributed by atoms with Crippen molar-refractivity contribution in [2.24, 2.45) is 0 Å². The predicted octanol–water partition coefficient (Wildman–Crippen LogP) is 1.86. The molecule has 1 aliphatic rings. The maximum Gasteiger partial charge on any atom is 0.126 e. The fourth-order valence-electron chi connectivity index (χ4n) is 2.73. The average molecular weight is 249 g/mol. The molecule has 0 saturated heterocycles. The van der Waals surface area contributed by atoms with Crippen molar-refractivity contribution in [2.75, 3.05) is 26.0 Å². The van der Waals surface area contributed by atoms with Crippen molar-refractivity contribution in [3.8, 4) is 0 Å². The highest BCUT2D eigenvalue weighted by Gasteiger charge is 2.32. The highest BCUT2D eigenvalue weighted by Crippen LogP contribution is 2.30. The molecule has 100 valence electrons. The lowest BCUT2D eigenvalue weighted by molar-refractivity contribution is 0.0143. The van der Waals surface area contributed by atoms with Crippen LogP contribution in [0.5, 0.6) is 0 Å². The first-order valence-corrected chi connectivity index (χ1v) is 6.66. The van der Waals surface area contributed by atoms with Gasteiger partial charge in [0.05, 0.1) is 11.3 Å². The molecule has 2 N–H and O–H groups in total. The Labute approximate surface area is 109 Å². The van der Waals surface area contributed by atoms with Gasteiger partial charge in [-0.2, -0.15) is 0 Å². The lowest BCUT2D eigenvalue weighted by atomic mass is 10.0. The summed E-state index contributed by atoms with van der Waals surface area (Å²) in [6.45, 7) is 1.51. The number of aromatic nitrogens is 1. The van der Waals surface area contributed by atoms with Crippen molar-refractivity contribution in [1.82, 2.24) is 9.88 Å². The molecule has 0 spiro atoms. The number of hydrogen-bond acceptors (Lipinski definition) is 4. The van der Waals surface area contributed by atoms with Crippen molar-refractivity contribution in [1.29, 1.82) is 0 Å². The lowest BCUT2D eigenvalue weighted by Gasteiger charge is -2.28. The molecule has 0 radical (unpaired) electrons. The van der Waals surface area contributed by atoms with E-state index in [0.717, 1.165) is 50.3 Å². The third-order valence-corrected chi connectivity index (χ3v) is 3.59. The van der Waals surface area contributed by atoms with Gasteiger partial charge >= 0.3 is 0 Å². The zero-order valence-corrected chi connectivity index (χ0v) is 11.3. The smallest absolute Gasteiger partial charge is 0.126 e. The standard InChI is InChI=1S/C14H23N3O/c1-15-13-7-5-6-12(16-13)10-17(2)11-14(18)8-3-4-9-14/h5-7,18H,3-4,8-11H2,1-2H3,(H,15,16). The number of pyridine rings is 1. The van der Waals surface area contributed by atoms with E-state index < -0.39 is 5.60 Å². The molecule has 4 heteroatoms. The van der Waals surface area contributed by atoms with Gasteiger partial charge in [0.25, 0.3) is 0 Å². The molecule has 1 aliphatic carbocycles. The Balaban J connectivity index is 1.91. The Hall–Kier alpha value is -1.13. The topological polar surface area (TPSA) is 48.4 Å². The van der Waals surface area contributed by atoms with Gasteiger partial charge in [0.15, 0.2) is 0 Å². The van der Waals surface area contributed by atoms with Gasteiger partial charge in [-0.25, -0.2) is 4.98 Å². The van der Waals surface area contributed by atoms with Crippen LogP contribution >= 0.6 is 0 Å². The maximum atomic E-state index is 10.4. The van der Waals surface area contributed by atoms with E-state index in [1.54, 1.807) is 0 Å². The van der Waals surface area contributed by atoms with Gasteiger partial charge in [-0.3, -0.25) is 4.90 Å². The number of aliphatic hydroxyl groups is 1. The van der Waals surface area contributed by atoms with Crippen molar-refractivity contribution >= 4 is 5.82 Å². The monoisotopic (exact) mass is 249 g/mol. The number of hydrogen-bond donors (Lipinski definition) is 2. The first-order valence-electron chi connectivity index (χ1n) is 6.66. The summed E-state index contributed by atoms with van der Waals surface area (Å²) in [5.74, 6) is 0.889. The fourth-order valence-corrected chi connectivity index (χ4v) is 2.73. The summed E-state index contributed by atoms with van der Waals surface area (Å²) in [5, 5.41) is 13.4. The molecule has 1 aromatic rings. The summed E-state index contributed by atoms with van der Waals surface area (Å²) in [6, 6.07) is 5.98. The molecule has 0 unspecified atom stereocenters. The largest absolute Gasteiger partial charge is 0.389 e. The summed E-state index contributed by atoms with van der Waals surface area (Å²) in [7, 11) is 3.92. The highest BCUT2D eigenvalue weighted by molar-refractivity contribution is 5.34. The van der Waals surface area contributed by atoms with Gasteiger partial charge in [0.2, 0.25) is 0 Å². The fraction of sp³-hybridized carbons (Fsp3) is 0.643. The molecule has 1 saturated carbocycles. The molecule has 1 aromatic heterocycles. The summed E-state index contributed by atoms with van der Waals surface area (Å²) >= 11 is 0. The summed E-state index contributed by atoms with van der Waals surface area (Å²) in [4.78, 5) is 6.65.